The number of hydrogen-bond acceptors (Lipinski definition) is 3. The maximum Gasteiger partial charge on any atom is 0.224 e. The zero-order valence-electron chi connectivity index (χ0n) is 8.22. The second kappa shape index (κ2) is 5.10. The molecule has 1 N–H and O–H groups in total. The molecule has 14 heavy (non-hydrogen) atoms. The smallest absolute Gasteiger partial charge is 0.224 e. The monoisotopic (exact) mass is 217 g/mol. The van der Waals surface area contributed by atoms with Gasteiger partial charge in [-0.05, 0) is 23.9 Å². The van der Waals surface area contributed by atoms with Crippen LogP contribution >= 0.6 is 11.6 Å². The van der Waals surface area contributed by atoms with Gasteiger partial charge >= 0.3 is 0 Å². The van der Waals surface area contributed by atoms with Crippen molar-refractivity contribution in [3.05, 3.63) is 17.3 Å². The lowest BCUT2D eigenvalue weighted by Gasteiger charge is -2.07. The normalized spacial score (nSPS) is 10.6. The van der Waals surface area contributed by atoms with Crippen LogP contribution < -0.4 is 5.32 Å². The molecule has 0 saturated carbocycles. The van der Waals surface area contributed by atoms with Crippen LogP contribution in [0, 0.1) is 11.7 Å². The number of halogens is 2. The number of nitrogens with one attached hydrogen (secondary N) is 1. The molecule has 0 atom stereocenters. The van der Waals surface area contributed by atoms with E-state index in [4.69, 9.17) is 11.6 Å². The second-order valence-corrected chi connectivity index (χ2v) is 3.78. The van der Waals surface area contributed by atoms with Crippen molar-refractivity contribution in [3.63, 3.8) is 0 Å². The second-order valence-electron chi connectivity index (χ2n) is 3.44. The van der Waals surface area contributed by atoms with Crippen LogP contribution in [-0.4, -0.2) is 16.5 Å². The van der Waals surface area contributed by atoms with Gasteiger partial charge in [0, 0.05) is 6.54 Å². The van der Waals surface area contributed by atoms with Gasteiger partial charge in [-0.2, -0.15) is 4.98 Å². The van der Waals surface area contributed by atoms with Crippen LogP contribution in [0.5, 0.6) is 0 Å². The Morgan fingerprint density at radius 1 is 1.57 bits per heavy atom. The van der Waals surface area contributed by atoms with Crippen LogP contribution in [0.4, 0.5) is 10.2 Å². The summed E-state index contributed by atoms with van der Waals surface area (Å²) in [5.41, 5.74) is 0. The van der Waals surface area contributed by atoms with E-state index in [1.807, 2.05) is 0 Å². The van der Waals surface area contributed by atoms with Gasteiger partial charge in [-0.1, -0.05) is 13.8 Å². The molecule has 3 nitrogen and oxygen atoms in total. The highest BCUT2D eigenvalue weighted by Crippen LogP contribution is 2.12. The molecule has 0 spiro atoms. The molecule has 5 heteroatoms. The van der Waals surface area contributed by atoms with Crippen molar-refractivity contribution in [3.8, 4) is 0 Å². The zero-order valence-corrected chi connectivity index (χ0v) is 8.98. The van der Waals surface area contributed by atoms with Crippen LogP contribution in [0.15, 0.2) is 6.20 Å². The third kappa shape index (κ3) is 3.46. The van der Waals surface area contributed by atoms with Crippen molar-refractivity contribution >= 4 is 17.4 Å². The van der Waals surface area contributed by atoms with Gasteiger partial charge < -0.3 is 5.32 Å². The third-order valence-corrected chi connectivity index (χ3v) is 1.91. The Morgan fingerprint density at radius 3 is 2.93 bits per heavy atom. The number of hydrogen-bond donors (Lipinski definition) is 1. The fourth-order valence-electron chi connectivity index (χ4n) is 0.949. The van der Waals surface area contributed by atoms with Gasteiger partial charge in [0.2, 0.25) is 5.28 Å². The van der Waals surface area contributed by atoms with Crippen LogP contribution in [0.1, 0.15) is 20.3 Å². The van der Waals surface area contributed by atoms with E-state index in [0.29, 0.717) is 12.5 Å². The first-order valence-corrected chi connectivity index (χ1v) is 4.89. The molecule has 0 bridgehead atoms. The van der Waals surface area contributed by atoms with Crippen LogP contribution in [0.25, 0.3) is 0 Å². The van der Waals surface area contributed by atoms with E-state index >= 15 is 0 Å². The van der Waals surface area contributed by atoms with Gasteiger partial charge in [-0.15, -0.1) is 0 Å². The van der Waals surface area contributed by atoms with Gasteiger partial charge in [-0.25, -0.2) is 9.37 Å². The van der Waals surface area contributed by atoms with Crippen LogP contribution in [0.3, 0.4) is 0 Å². The van der Waals surface area contributed by atoms with Crippen molar-refractivity contribution < 1.29 is 4.39 Å². The molecule has 1 aromatic rings. The number of aromatic nitrogens is 2. The minimum absolute atomic E-state index is 0.0541. The summed E-state index contributed by atoms with van der Waals surface area (Å²) in [6, 6.07) is 0. The quantitative estimate of drug-likeness (QED) is 0.789. The van der Waals surface area contributed by atoms with Crippen LogP contribution in [0.2, 0.25) is 5.28 Å². The predicted molar refractivity (Wildman–Crippen MR) is 54.9 cm³/mol. The maximum absolute atomic E-state index is 13.0. The Hall–Kier alpha value is -0.900. The summed E-state index contributed by atoms with van der Waals surface area (Å²) in [6.07, 6.45) is 2.02. The van der Waals surface area contributed by atoms with Crippen LogP contribution in [-0.2, 0) is 0 Å². The molecule has 1 aromatic heterocycles. The van der Waals surface area contributed by atoms with Crippen molar-refractivity contribution in [2.24, 2.45) is 5.92 Å². The highest BCUT2D eigenvalue weighted by atomic mass is 35.5. The molecule has 0 saturated heterocycles. The highest BCUT2D eigenvalue weighted by Gasteiger charge is 2.04. The van der Waals surface area contributed by atoms with E-state index < -0.39 is 5.82 Å². The summed E-state index contributed by atoms with van der Waals surface area (Å²) in [7, 11) is 0. The average molecular weight is 218 g/mol. The molecular weight excluding hydrogens is 205 g/mol. The first-order valence-electron chi connectivity index (χ1n) is 4.51. The zero-order chi connectivity index (χ0) is 10.6. The van der Waals surface area contributed by atoms with E-state index in [-0.39, 0.29) is 11.1 Å². The van der Waals surface area contributed by atoms with Crippen molar-refractivity contribution in [1.82, 2.24) is 9.97 Å². The molecule has 78 valence electrons. The van der Waals surface area contributed by atoms with E-state index in [2.05, 4.69) is 29.1 Å². The Bertz CT molecular complexity index is 304. The Labute approximate surface area is 87.7 Å². The highest BCUT2D eigenvalue weighted by molar-refractivity contribution is 6.28. The predicted octanol–water partition coefficient (Wildman–Crippen LogP) is 2.73. The molecule has 0 amide bonds. The third-order valence-electron chi connectivity index (χ3n) is 1.73. The molecule has 0 fully saturated rings. The SMILES string of the molecule is CC(C)CCNc1nc(Cl)ncc1F. The fraction of sp³-hybridized carbons (Fsp3) is 0.556. The van der Waals surface area contributed by atoms with Gasteiger partial charge in [0.25, 0.3) is 0 Å². The summed E-state index contributed by atoms with van der Waals surface area (Å²) in [6.45, 7) is 4.89. The molecular formula is C9H13ClFN3. The summed E-state index contributed by atoms with van der Waals surface area (Å²) < 4.78 is 13.0. The van der Waals surface area contributed by atoms with Gasteiger partial charge in [0.1, 0.15) is 0 Å². The average Bonchev–Trinajstić information content (AvgIpc) is 2.10. The minimum atomic E-state index is -0.474. The van der Waals surface area contributed by atoms with Gasteiger partial charge in [0.15, 0.2) is 11.6 Å². The first kappa shape index (κ1) is 11.2. The lowest BCUT2D eigenvalue weighted by atomic mass is 10.1. The first-order chi connectivity index (χ1) is 6.59. The standard InChI is InChI=1S/C9H13ClFN3/c1-6(2)3-4-12-8-7(11)5-13-9(10)14-8/h5-6H,3-4H2,1-2H3,(H,12,13,14). The molecule has 1 heterocycles. The van der Waals surface area contributed by atoms with Gasteiger partial charge in [-0.3, -0.25) is 0 Å². The topological polar surface area (TPSA) is 37.8 Å². The number of anilines is 1. The van der Waals surface area contributed by atoms with E-state index in [1.54, 1.807) is 0 Å². The lowest BCUT2D eigenvalue weighted by Crippen LogP contribution is -2.08. The summed E-state index contributed by atoms with van der Waals surface area (Å²) >= 11 is 5.53. The lowest BCUT2D eigenvalue weighted by molar-refractivity contribution is 0.594. The number of rotatable bonds is 4. The Balaban J connectivity index is 2.53. The van der Waals surface area contributed by atoms with E-state index in [1.165, 1.54) is 0 Å². The van der Waals surface area contributed by atoms with Gasteiger partial charge in [0.05, 0.1) is 6.20 Å². The maximum atomic E-state index is 13.0. The largest absolute Gasteiger partial charge is 0.367 e. The molecule has 0 radical (unpaired) electrons. The number of nitrogens with zero attached hydrogens (tertiary/aromatic N) is 2. The minimum Gasteiger partial charge on any atom is -0.367 e. The Morgan fingerprint density at radius 2 is 2.29 bits per heavy atom. The Kier molecular flexibility index (Phi) is 4.07. The molecule has 0 aliphatic heterocycles. The summed E-state index contributed by atoms with van der Waals surface area (Å²) in [5, 5.41) is 2.93. The molecule has 0 aliphatic carbocycles. The molecule has 0 unspecified atom stereocenters. The summed E-state index contributed by atoms with van der Waals surface area (Å²) in [4.78, 5) is 7.26. The van der Waals surface area contributed by atoms with E-state index in [0.717, 1.165) is 12.6 Å². The van der Waals surface area contributed by atoms with Crippen molar-refractivity contribution in [2.45, 2.75) is 20.3 Å². The van der Waals surface area contributed by atoms with Crippen molar-refractivity contribution in [1.29, 1.82) is 0 Å². The summed E-state index contributed by atoms with van der Waals surface area (Å²) in [5.74, 6) is 0.270. The molecule has 0 aliphatic rings. The van der Waals surface area contributed by atoms with Crippen molar-refractivity contribution in [2.75, 3.05) is 11.9 Å². The van der Waals surface area contributed by atoms with E-state index in [9.17, 15) is 4.39 Å². The molecule has 0 aromatic carbocycles. The molecule has 1 rings (SSSR count). The fourth-order valence-corrected chi connectivity index (χ4v) is 1.08.